The smallest absolute Gasteiger partial charge is 0.312 e. The van der Waals surface area contributed by atoms with Crippen LogP contribution in [0.1, 0.15) is 56.2 Å². The third-order valence-electron chi connectivity index (χ3n) is 5.49. The molecule has 0 unspecified atom stereocenters. The first-order valence-corrected chi connectivity index (χ1v) is 9.39. The Morgan fingerprint density at radius 3 is 2.69 bits per heavy atom. The largest absolute Gasteiger partial charge is 0.331 e. The van der Waals surface area contributed by atoms with Gasteiger partial charge in [0.15, 0.2) is 0 Å². The fraction of sp³-hybridized carbons (Fsp3) is 0.579. The van der Waals surface area contributed by atoms with Crippen molar-refractivity contribution in [1.29, 1.82) is 5.26 Å². The van der Waals surface area contributed by atoms with Crippen LogP contribution in [0.2, 0.25) is 0 Å². The van der Waals surface area contributed by atoms with Crippen molar-refractivity contribution in [1.82, 2.24) is 14.0 Å². The average Bonchev–Trinajstić information content (AvgIpc) is 3.35. The van der Waals surface area contributed by atoms with E-state index in [4.69, 9.17) is 0 Å². The van der Waals surface area contributed by atoms with E-state index in [1.54, 1.807) is 4.90 Å². The monoisotopic (exact) mass is 354 g/mol. The van der Waals surface area contributed by atoms with E-state index in [9.17, 15) is 19.6 Å². The molecule has 1 saturated carbocycles. The molecule has 1 fully saturated rings. The minimum Gasteiger partial charge on any atom is -0.312 e. The Kier molecular flexibility index (Phi) is 4.27. The summed E-state index contributed by atoms with van der Waals surface area (Å²) >= 11 is 0. The van der Waals surface area contributed by atoms with Crippen molar-refractivity contribution < 1.29 is 4.79 Å². The number of aromatic nitrogens is 2. The molecule has 2 heterocycles. The van der Waals surface area contributed by atoms with Crippen LogP contribution in [0.4, 0.5) is 0 Å². The molecule has 7 nitrogen and oxygen atoms in total. The molecule has 7 heteroatoms. The Balaban J connectivity index is 1.70. The molecule has 1 aliphatic heterocycles. The molecule has 2 aliphatic carbocycles. The third-order valence-corrected chi connectivity index (χ3v) is 5.49. The van der Waals surface area contributed by atoms with Gasteiger partial charge in [-0.2, -0.15) is 5.26 Å². The van der Waals surface area contributed by atoms with Crippen molar-refractivity contribution in [2.75, 3.05) is 0 Å². The number of rotatable bonds is 4. The van der Waals surface area contributed by atoms with E-state index in [-0.39, 0.29) is 24.1 Å². The van der Waals surface area contributed by atoms with E-state index < -0.39 is 11.2 Å². The van der Waals surface area contributed by atoms with E-state index in [2.05, 4.69) is 6.08 Å². The number of nitrogens with zero attached hydrogens (tertiary/aromatic N) is 4. The van der Waals surface area contributed by atoms with Gasteiger partial charge in [0, 0.05) is 24.0 Å². The van der Waals surface area contributed by atoms with Crippen molar-refractivity contribution in [3.8, 4) is 6.07 Å². The zero-order valence-electron chi connectivity index (χ0n) is 14.7. The quantitative estimate of drug-likeness (QED) is 0.815. The summed E-state index contributed by atoms with van der Waals surface area (Å²) in [6.07, 6.45) is 9.35. The van der Waals surface area contributed by atoms with Gasteiger partial charge in [0.2, 0.25) is 5.91 Å². The maximum Gasteiger partial charge on any atom is 0.331 e. The number of amides is 1. The zero-order chi connectivity index (χ0) is 18.3. The Morgan fingerprint density at radius 1 is 1.23 bits per heavy atom. The second-order valence-electron chi connectivity index (χ2n) is 7.30. The fourth-order valence-electron chi connectivity index (χ4n) is 4.07. The molecule has 0 saturated heterocycles. The maximum absolute atomic E-state index is 13.0. The van der Waals surface area contributed by atoms with Crippen LogP contribution in [-0.4, -0.2) is 26.0 Å². The van der Waals surface area contributed by atoms with Gasteiger partial charge in [-0.1, -0.05) is 6.08 Å². The first-order valence-electron chi connectivity index (χ1n) is 9.39. The minimum atomic E-state index is -0.632. The summed E-state index contributed by atoms with van der Waals surface area (Å²) in [4.78, 5) is 40.1. The molecule has 4 rings (SSSR count). The van der Waals surface area contributed by atoms with Crippen LogP contribution in [0.3, 0.4) is 0 Å². The van der Waals surface area contributed by atoms with Crippen LogP contribution in [0.15, 0.2) is 21.4 Å². The highest BCUT2D eigenvalue weighted by atomic mass is 16.2. The van der Waals surface area contributed by atoms with Crippen molar-refractivity contribution in [3.05, 3.63) is 43.9 Å². The van der Waals surface area contributed by atoms with E-state index in [1.165, 1.54) is 4.57 Å². The fourth-order valence-corrected chi connectivity index (χ4v) is 4.07. The van der Waals surface area contributed by atoms with Crippen molar-refractivity contribution in [3.63, 3.8) is 0 Å². The number of allylic oxidation sites excluding steroid dienone is 2. The normalized spacial score (nSPS) is 18.8. The van der Waals surface area contributed by atoms with Crippen LogP contribution in [0.5, 0.6) is 0 Å². The van der Waals surface area contributed by atoms with E-state index in [1.807, 2.05) is 6.07 Å². The predicted molar refractivity (Wildman–Crippen MR) is 94.4 cm³/mol. The van der Waals surface area contributed by atoms with Crippen molar-refractivity contribution in [2.45, 2.75) is 70.5 Å². The highest BCUT2D eigenvalue weighted by Gasteiger charge is 2.35. The SMILES string of the molecule is N#Cc1c2n(c(=O)n(CC(=O)N(C3=CCCCC3)C3CC3)c1=O)CCC2. The standard InChI is InChI=1S/C19H22N4O3/c20-11-15-16-7-4-10-21(16)19(26)22(18(15)25)12-17(24)23(14-8-9-14)13-5-2-1-3-6-13/h5,14H,1-4,6-10,12H2. The predicted octanol–water partition coefficient (Wildman–Crippen LogP) is 1.28. The lowest BCUT2D eigenvalue weighted by Crippen LogP contribution is -2.46. The molecule has 3 aliphatic rings. The van der Waals surface area contributed by atoms with Crippen molar-refractivity contribution in [2.24, 2.45) is 0 Å². The molecule has 1 aromatic rings. The molecule has 1 aromatic heterocycles. The summed E-state index contributed by atoms with van der Waals surface area (Å²) in [5, 5.41) is 9.36. The Morgan fingerprint density at radius 2 is 2.04 bits per heavy atom. The first-order chi connectivity index (χ1) is 12.6. The lowest BCUT2D eigenvalue weighted by atomic mass is 10.0. The van der Waals surface area contributed by atoms with Gasteiger partial charge in [-0.25, -0.2) is 9.36 Å². The number of carbonyl (C=O) groups is 1. The number of hydrogen-bond donors (Lipinski definition) is 0. The summed E-state index contributed by atoms with van der Waals surface area (Å²) in [7, 11) is 0. The van der Waals surface area contributed by atoms with Crippen LogP contribution in [0.25, 0.3) is 0 Å². The Hall–Kier alpha value is -2.62. The second kappa shape index (κ2) is 6.60. The van der Waals surface area contributed by atoms with E-state index >= 15 is 0 Å². The lowest BCUT2D eigenvalue weighted by Gasteiger charge is -2.28. The topological polar surface area (TPSA) is 88.1 Å². The van der Waals surface area contributed by atoms with E-state index in [0.717, 1.165) is 55.2 Å². The summed E-state index contributed by atoms with van der Waals surface area (Å²) in [6, 6.07) is 2.12. The third kappa shape index (κ3) is 2.79. The molecule has 0 bridgehead atoms. The van der Waals surface area contributed by atoms with Gasteiger partial charge in [0.05, 0.1) is 0 Å². The number of carbonyl (C=O) groups excluding carboxylic acids is 1. The van der Waals surface area contributed by atoms with Gasteiger partial charge >= 0.3 is 5.69 Å². The highest BCUT2D eigenvalue weighted by molar-refractivity contribution is 5.78. The molecular weight excluding hydrogens is 332 g/mol. The molecule has 0 atom stereocenters. The van der Waals surface area contributed by atoms with Gasteiger partial charge in [-0.3, -0.25) is 14.2 Å². The molecule has 0 N–H and O–H groups in total. The average molecular weight is 354 g/mol. The summed E-state index contributed by atoms with van der Waals surface area (Å²) in [5.41, 5.74) is 0.444. The first kappa shape index (κ1) is 16.8. The summed E-state index contributed by atoms with van der Waals surface area (Å²) < 4.78 is 2.43. The molecule has 0 aromatic carbocycles. The van der Waals surface area contributed by atoms with Crippen LogP contribution >= 0.6 is 0 Å². The second-order valence-corrected chi connectivity index (χ2v) is 7.30. The number of hydrogen-bond acceptors (Lipinski definition) is 4. The Bertz CT molecular complexity index is 943. The number of fused-ring (bicyclic) bond motifs is 1. The summed E-state index contributed by atoms with van der Waals surface area (Å²) in [5.74, 6) is -0.220. The molecule has 26 heavy (non-hydrogen) atoms. The highest BCUT2D eigenvalue weighted by Crippen LogP contribution is 2.33. The zero-order valence-corrected chi connectivity index (χ0v) is 14.7. The van der Waals surface area contributed by atoms with Crippen LogP contribution in [0, 0.1) is 11.3 Å². The molecule has 136 valence electrons. The molecule has 0 spiro atoms. The van der Waals surface area contributed by atoms with Gasteiger partial charge in [-0.15, -0.1) is 0 Å². The lowest BCUT2D eigenvalue weighted by molar-refractivity contribution is -0.130. The molecular formula is C19H22N4O3. The van der Waals surface area contributed by atoms with Gasteiger partial charge in [0.25, 0.3) is 5.56 Å². The number of nitriles is 1. The Labute approximate surface area is 151 Å². The maximum atomic E-state index is 13.0. The van der Waals surface area contributed by atoms with Gasteiger partial charge in [-0.05, 0) is 51.4 Å². The molecule has 1 amide bonds. The minimum absolute atomic E-state index is 0.00440. The van der Waals surface area contributed by atoms with Gasteiger partial charge < -0.3 is 4.90 Å². The van der Waals surface area contributed by atoms with Crippen LogP contribution < -0.4 is 11.2 Å². The molecule has 0 radical (unpaired) electrons. The van der Waals surface area contributed by atoms with Crippen molar-refractivity contribution >= 4 is 5.91 Å². The summed E-state index contributed by atoms with van der Waals surface area (Å²) in [6.45, 7) is 0.204. The van der Waals surface area contributed by atoms with Crippen LogP contribution in [-0.2, 0) is 24.3 Å². The van der Waals surface area contributed by atoms with Gasteiger partial charge in [0.1, 0.15) is 18.2 Å². The van der Waals surface area contributed by atoms with E-state index in [0.29, 0.717) is 18.7 Å².